The van der Waals surface area contributed by atoms with Crippen LogP contribution in [0.2, 0.25) is 0 Å². The van der Waals surface area contributed by atoms with Crippen molar-refractivity contribution in [3.8, 4) is 17.0 Å². The summed E-state index contributed by atoms with van der Waals surface area (Å²) in [6, 6.07) is 14.8. The third kappa shape index (κ3) is 5.64. The van der Waals surface area contributed by atoms with E-state index in [2.05, 4.69) is 15.3 Å². The summed E-state index contributed by atoms with van der Waals surface area (Å²) < 4.78 is 35.4. The summed E-state index contributed by atoms with van der Waals surface area (Å²) in [6.07, 6.45) is 1.38. The number of ether oxygens (including phenoxy) is 1. The number of amides is 3. The summed E-state index contributed by atoms with van der Waals surface area (Å²) in [7, 11) is 0. The Morgan fingerprint density at radius 2 is 1.82 bits per heavy atom. The van der Waals surface area contributed by atoms with Gasteiger partial charge in [0.25, 0.3) is 5.91 Å². The quantitative estimate of drug-likeness (QED) is 0.178. The van der Waals surface area contributed by atoms with Gasteiger partial charge in [0.2, 0.25) is 0 Å². The number of carbonyl (C=O) groups excluding carboxylic acids is 2. The number of aromatic nitrogens is 2. The van der Waals surface area contributed by atoms with Crippen LogP contribution in [0.15, 0.2) is 72.9 Å². The fraction of sp³-hybridized carbons (Fsp3) is 0.179. The molecular formula is C28H23F2IN4O4. The number of halogens is 3. The summed E-state index contributed by atoms with van der Waals surface area (Å²) >= 11 is 2.01. The van der Waals surface area contributed by atoms with Crippen molar-refractivity contribution >= 4 is 34.5 Å². The number of aliphatic hydroxyl groups is 1. The summed E-state index contributed by atoms with van der Waals surface area (Å²) in [5.74, 6) is -0.763. The maximum Gasteiger partial charge on any atom is 0.325 e. The van der Waals surface area contributed by atoms with E-state index >= 15 is 0 Å². The van der Waals surface area contributed by atoms with Crippen molar-refractivity contribution in [2.45, 2.75) is 18.5 Å². The second-order valence-corrected chi connectivity index (χ2v) is 10.1. The first-order valence-corrected chi connectivity index (χ1v) is 13.1. The highest BCUT2D eigenvalue weighted by molar-refractivity contribution is 14.1. The predicted molar refractivity (Wildman–Crippen MR) is 147 cm³/mol. The van der Waals surface area contributed by atoms with Crippen molar-refractivity contribution < 1.29 is 28.2 Å². The van der Waals surface area contributed by atoms with Crippen LogP contribution in [0.5, 0.6) is 5.75 Å². The Morgan fingerprint density at radius 1 is 1.05 bits per heavy atom. The first kappa shape index (κ1) is 26.8. The average Bonchev–Trinajstić information content (AvgIpc) is 3.52. The van der Waals surface area contributed by atoms with Gasteiger partial charge in [-0.1, -0.05) is 30.3 Å². The van der Waals surface area contributed by atoms with Gasteiger partial charge in [-0.2, -0.15) is 0 Å². The Bertz CT molecular complexity index is 1510. The van der Waals surface area contributed by atoms with Gasteiger partial charge in [-0.25, -0.2) is 18.6 Å². The molecule has 0 bridgehead atoms. The van der Waals surface area contributed by atoms with E-state index in [-0.39, 0.29) is 36.6 Å². The van der Waals surface area contributed by atoms with Crippen LogP contribution in [-0.2, 0) is 11.2 Å². The minimum atomic E-state index is -0.993. The zero-order chi connectivity index (χ0) is 27.5. The van der Waals surface area contributed by atoms with Crippen LogP contribution in [0.3, 0.4) is 0 Å². The second kappa shape index (κ2) is 11.5. The van der Waals surface area contributed by atoms with Crippen LogP contribution in [-0.4, -0.2) is 45.1 Å². The highest BCUT2D eigenvalue weighted by Crippen LogP contribution is 2.34. The molecule has 1 aliphatic heterocycles. The zero-order valence-electron chi connectivity index (χ0n) is 20.4. The molecule has 0 radical (unpaired) electrons. The lowest BCUT2D eigenvalue weighted by Gasteiger charge is -2.24. The van der Waals surface area contributed by atoms with Gasteiger partial charge in [0.1, 0.15) is 41.9 Å². The number of rotatable bonds is 9. The molecule has 1 aliphatic rings. The van der Waals surface area contributed by atoms with Crippen LogP contribution >= 0.6 is 22.6 Å². The molecule has 2 atom stereocenters. The van der Waals surface area contributed by atoms with Crippen molar-refractivity contribution in [2.24, 2.45) is 0 Å². The molecule has 3 N–H and O–H groups in total. The van der Waals surface area contributed by atoms with Gasteiger partial charge in [-0.15, -0.1) is 0 Å². The van der Waals surface area contributed by atoms with Gasteiger partial charge >= 0.3 is 6.03 Å². The van der Waals surface area contributed by atoms with E-state index in [0.717, 1.165) is 8.47 Å². The Balaban J connectivity index is 1.48. The van der Waals surface area contributed by atoms with E-state index in [1.807, 2.05) is 22.6 Å². The van der Waals surface area contributed by atoms with E-state index in [1.165, 1.54) is 18.3 Å². The van der Waals surface area contributed by atoms with Gasteiger partial charge in [-0.05, 0) is 70.1 Å². The van der Waals surface area contributed by atoms with E-state index < -0.39 is 35.7 Å². The molecule has 200 valence electrons. The standard InChI is InChI=1S/C28H23F2IN4O4/c29-21-4-2-1-3-17(21)13-24(26-32-15-23(33-26)20-10-7-18(31)14-22(20)30)35-27(37)25(34-28(35)38)16-5-8-19(9-6-16)39-12-11-36/h1-10,14-15,24-25,36H,11-13H2,(H,32,33)(H,34,38)/t24?,25-/m1/s1. The van der Waals surface area contributed by atoms with Crippen LogP contribution in [0.25, 0.3) is 11.3 Å². The van der Waals surface area contributed by atoms with E-state index in [1.54, 1.807) is 54.6 Å². The van der Waals surface area contributed by atoms with Crippen molar-refractivity contribution in [3.05, 3.63) is 105 Å². The number of benzene rings is 3. The summed E-state index contributed by atoms with van der Waals surface area (Å²) in [4.78, 5) is 35.2. The molecule has 5 rings (SSSR count). The lowest BCUT2D eigenvalue weighted by Crippen LogP contribution is -2.37. The monoisotopic (exact) mass is 644 g/mol. The molecule has 39 heavy (non-hydrogen) atoms. The zero-order valence-corrected chi connectivity index (χ0v) is 22.6. The number of nitrogens with one attached hydrogen (secondary N) is 2. The largest absolute Gasteiger partial charge is 0.491 e. The number of imide groups is 1. The maximum absolute atomic E-state index is 14.7. The second-order valence-electron chi connectivity index (χ2n) is 8.85. The lowest BCUT2D eigenvalue weighted by atomic mass is 10.0. The lowest BCUT2D eigenvalue weighted by molar-refractivity contribution is -0.129. The molecule has 1 fully saturated rings. The molecule has 0 aliphatic carbocycles. The maximum atomic E-state index is 14.7. The first-order chi connectivity index (χ1) is 18.9. The number of hydrogen-bond acceptors (Lipinski definition) is 5. The van der Waals surface area contributed by atoms with Gasteiger partial charge in [0.05, 0.1) is 18.5 Å². The molecule has 3 aromatic carbocycles. The van der Waals surface area contributed by atoms with Gasteiger partial charge < -0.3 is 20.1 Å². The molecule has 8 nitrogen and oxygen atoms in total. The predicted octanol–water partition coefficient (Wildman–Crippen LogP) is 4.91. The number of aromatic amines is 1. The van der Waals surface area contributed by atoms with Gasteiger partial charge in [-0.3, -0.25) is 9.69 Å². The number of hydrogen-bond donors (Lipinski definition) is 3. The topological polar surface area (TPSA) is 108 Å². The van der Waals surface area contributed by atoms with Gasteiger partial charge in [0.15, 0.2) is 0 Å². The molecule has 1 saturated heterocycles. The van der Waals surface area contributed by atoms with Crippen molar-refractivity contribution in [1.82, 2.24) is 20.2 Å². The number of aliphatic hydroxyl groups excluding tert-OH is 1. The van der Waals surface area contributed by atoms with Crippen LogP contribution in [0.1, 0.15) is 29.0 Å². The Hall–Kier alpha value is -3.84. The third-order valence-corrected chi connectivity index (χ3v) is 7.03. The fourth-order valence-electron chi connectivity index (χ4n) is 4.47. The van der Waals surface area contributed by atoms with Crippen LogP contribution < -0.4 is 10.1 Å². The molecule has 11 heteroatoms. The Kier molecular flexibility index (Phi) is 7.89. The third-order valence-electron chi connectivity index (χ3n) is 6.36. The number of imidazole rings is 1. The fourth-order valence-corrected chi connectivity index (χ4v) is 4.92. The molecule has 4 aromatic rings. The molecule has 0 saturated carbocycles. The summed E-state index contributed by atoms with van der Waals surface area (Å²) in [5, 5.41) is 11.6. The first-order valence-electron chi connectivity index (χ1n) is 12.1. The van der Waals surface area contributed by atoms with Crippen LogP contribution in [0, 0.1) is 15.2 Å². The molecule has 3 amide bonds. The minimum Gasteiger partial charge on any atom is -0.491 e. The molecule has 1 unspecified atom stereocenters. The van der Waals surface area contributed by atoms with E-state index in [0.29, 0.717) is 17.0 Å². The van der Waals surface area contributed by atoms with Crippen molar-refractivity contribution in [2.75, 3.05) is 13.2 Å². The number of nitrogens with zero attached hydrogens (tertiary/aromatic N) is 2. The smallest absolute Gasteiger partial charge is 0.325 e. The number of urea groups is 1. The summed E-state index contributed by atoms with van der Waals surface area (Å²) in [6.45, 7) is -0.0107. The molecular weight excluding hydrogens is 621 g/mol. The van der Waals surface area contributed by atoms with Crippen molar-refractivity contribution in [3.63, 3.8) is 0 Å². The SMILES string of the molecule is O=C1N[C@H](c2ccc(OCCO)cc2)C(=O)N1C(Cc1ccccc1F)c1ncc(-c2ccc(I)cc2F)[nH]1. The molecule has 1 aromatic heterocycles. The highest BCUT2D eigenvalue weighted by Gasteiger charge is 2.44. The van der Waals surface area contributed by atoms with Gasteiger partial charge in [0, 0.05) is 15.6 Å². The molecule has 2 heterocycles. The van der Waals surface area contributed by atoms with E-state index in [9.17, 15) is 18.4 Å². The van der Waals surface area contributed by atoms with Crippen molar-refractivity contribution in [1.29, 1.82) is 0 Å². The Morgan fingerprint density at radius 3 is 2.54 bits per heavy atom. The van der Waals surface area contributed by atoms with E-state index in [4.69, 9.17) is 9.84 Å². The Labute approximate surface area is 236 Å². The number of H-pyrrole nitrogens is 1. The normalized spacial score (nSPS) is 15.9. The summed E-state index contributed by atoms with van der Waals surface area (Å²) in [5.41, 5.74) is 1.45. The highest BCUT2D eigenvalue weighted by atomic mass is 127. The van der Waals surface area contributed by atoms with Crippen LogP contribution in [0.4, 0.5) is 13.6 Å². The average molecular weight is 644 g/mol. The minimum absolute atomic E-state index is 0.0470. The molecule has 0 spiro atoms. The number of carbonyl (C=O) groups is 2.